The van der Waals surface area contributed by atoms with Crippen molar-refractivity contribution in [3.63, 3.8) is 0 Å². The molecule has 0 aliphatic rings. The van der Waals surface area contributed by atoms with Crippen molar-refractivity contribution < 1.29 is 0 Å². The molecule has 2 rings (SSSR count). The number of allylic oxidation sites excluding steroid dienone is 1. The van der Waals surface area contributed by atoms with E-state index in [0.717, 1.165) is 19.3 Å². The average molecular weight is 262 g/mol. The van der Waals surface area contributed by atoms with Gasteiger partial charge in [0.2, 0.25) is 0 Å². The molecule has 0 aliphatic heterocycles. The lowest BCUT2D eigenvalue weighted by Gasteiger charge is -2.06. The average Bonchev–Trinajstić information content (AvgIpc) is 2.53. The predicted molar refractivity (Wildman–Crippen MR) is 89.7 cm³/mol. The standard InChI is InChI=1S/C20H22/c1-4-16(3)20-14-12-19(13-15-20)11-10-18-8-6-17(5-2)7-9-18/h5-9,12-15H,2-4,10-11H2,1H3. The van der Waals surface area contributed by atoms with Crippen molar-refractivity contribution in [2.24, 2.45) is 0 Å². The highest BCUT2D eigenvalue weighted by Gasteiger charge is 1.99. The third kappa shape index (κ3) is 3.71. The quantitative estimate of drug-likeness (QED) is 0.641. The molecular formula is C20H22. The van der Waals surface area contributed by atoms with Gasteiger partial charge in [0.05, 0.1) is 0 Å². The number of aryl methyl sites for hydroxylation is 2. The van der Waals surface area contributed by atoms with Crippen LogP contribution in [0.15, 0.2) is 61.7 Å². The topological polar surface area (TPSA) is 0 Å². The molecule has 20 heavy (non-hydrogen) atoms. The van der Waals surface area contributed by atoms with E-state index in [1.807, 2.05) is 6.08 Å². The molecule has 0 heterocycles. The zero-order valence-corrected chi connectivity index (χ0v) is 12.2. The Morgan fingerprint density at radius 1 is 0.900 bits per heavy atom. The van der Waals surface area contributed by atoms with Crippen LogP contribution < -0.4 is 0 Å². The molecule has 102 valence electrons. The lowest BCUT2D eigenvalue weighted by Crippen LogP contribution is -1.92. The van der Waals surface area contributed by atoms with Gasteiger partial charge in [-0.1, -0.05) is 74.7 Å². The molecule has 0 heteroatoms. The van der Waals surface area contributed by atoms with Crippen LogP contribution in [0.25, 0.3) is 11.6 Å². The first kappa shape index (κ1) is 14.3. The van der Waals surface area contributed by atoms with Crippen LogP contribution in [0, 0.1) is 0 Å². The van der Waals surface area contributed by atoms with Gasteiger partial charge >= 0.3 is 0 Å². The highest BCUT2D eigenvalue weighted by molar-refractivity contribution is 5.63. The lowest BCUT2D eigenvalue weighted by molar-refractivity contribution is 0.959. The summed E-state index contributed by atoms with van der Waals surface area (Å²) >= 11 is 0. The van der Waals surface area contributed by atoms with E-state index in [9.17, 15) is 0 Å². The fourth-order valence-corrected chi connectivity index (χ4v) is 2.22. The Morgan fingerprint density at radius 2 is 1.40 bits per heavy atom. The van der Waals surface area contributed by atoms with Crippen LogP contribution in [0.4, 0.5) is 0 Å². The van der Waals surface area contributed by atoms with Gasteiger partial charge in [0.25, 0.3) is 0 Å². The molecule has 0 nitrogen and oxygen atoms in total. The fraction of sp³-hybridized carbons (Fsp3) is 0.200. The van der Waals surface area contributed by atoms with Crippen LogP contribution >= 0.6 is 0 Å². The summed E-state index contributed by atoms with van der Waals surface area (Å²) in [6.45, 7) is 9.99. The van der Waals surface area contributed by atoms with Crippen LogP contribution in [0.5, 0.6) is 0 Å². The lowest BCUT2D eigenvalue weighted by atomic mass is 10.00. The van der Waals surface area contributed by atoms with Crippen molar-refractivity contribution in [1.82, 2.24) is 0 Å². The molecule has 0 radical (unpaired) electrons. The van der Waals surface area contributed by atoms with E-state index in [1.54, 1.807) is 0 Å². The summed E-state index contributed by atoms with van der Waals surface area (Å²) in [5.74, 6) is 0. The molecule has 0 spiro atoms. The molecule has 2 aromatic carbocycles. The van der Waals surface area contributed by atoms with Gasteiger partial charge < -0.3 is 0 Å². The summed E-state index contributed by atoms with van der Waals surface area (Å²) in [5.41, 5.74) is 6.39. The maximum Gasteiger partial charge on any atom is -0.0230 e. The monoisotopic (exact) mass is 262 g/mol. The van der Waals surface area contributed by atoms with E-state index >= 15 is 0 Å². The number of hydrogen-bond acceptors (Lipinski definition) is 0. The Morgan fingerprint density at radius 3 is 1.85 bits per heavy atom. The Kier molecular flexibility index (Phi) is 4.95. The summed E-state index contributed by atoms with van der Waals surface area (Å²) in [6, 6.07) is 17.4. The second-order valence-electron chi connectivity index (χ2n) is 5.10. The van der Waals surface area contributed by atoms with Crippen molar-refractivity contribution in [2.45, 2.75) is 26.2 Å². The van der Waals surface area contributed by atoms with Crippen LogP contribution in [-0.2, 0) is 12.8 Å². The molecule has 0 aliphatic carbocycles. The Labute approximate surface area is 122 Å². The minimum absolute atomic E-state index is 1.01. The van der Waals surface area contributed by atoms with Gasteiger partial charge in [-0.3, -0.25) is 0 Å². The zero-order chi connectivity index (χ0) is 14.4. The number of hydrogen-bond donors (Lipinski definition) is 0. The van der Waals surface area contributed by atoms with E-state index in [-0.39, 0.29) is 0 Å². The van der Waals surface area contributed by atoms with E-state index in [0.29, 0.717) is 0 Å². The third-order valence-corrected chi connectivity index (χ3v) is 3.71. The first-order chi connectivity index (χ1) is 9.72. The minimum Gasteiger partial charge on any atom is -0.0985 e. The molecular weight excluding hydrogens is 240 g/mol. The highest BCUT2D eigenvalue weighted by atomic mass is 14.0. The highest BCUT2D eigenvalue weighted by Crippen LogP contribution is 2.17. The first-order valence-electron chi connectivity index (χ1n) is 7.21. The first-order valence-corrected chi connectivity index (χ1v) is 7.21. The van der Waals surface area contributed by atoms with Crippen molar-refractivity contribution in [2.75, 3.05) is 0 Å². The molecule has 0 fully saturated rings. The van der Waals surface area contributed by atoms with Gasteiger partial charge in [0.15, 0.2) is 0 Å². The molecule has 0 saturated carbocycles. The normalized spacial score (nSPS) is 10.2. The smallest absolute Gasteiger partial charge is 0.0230 e. The molecule has 0 unspecified atom stereocenters. The van der Waals surface area contributed by atoms with Crippen molar-refractivity contribution in [1.29, 1.82) is 0 Å². The van der Waals surface area contributed by atoms with Crippen LogP contribution in [0.2, 0.25) is 0 Å². The summed E-state index contributed by atoms with van der Waals surface area (Å²) < 4.78 is 0. The number of rotatable bonds is 6. The van der Waals surface area contributed by atoms with E-state index in [1.165, 1.54) is 27.8 Å². The maximum absolute atomic E-state index is 4.07. The van der Waals surface area contributed by atoms with Gasteiger partial charge in [0.1, 0.15) is 0 Å². The Balaban J connectivity index is 1.96. The molecule has 0 bridgehead atoms. The van der Waals surface area contributed by atoms with Crippen LogP contribution in [-0.4, -0.2) is 0 Å². The van der Waals surface area contributed by atoms with E-state index < -0.39 is 0 Å². The SMILES string of the molecule is C=Cc1ccc(CCc2ccc(C(=C)CC)cc2)cc1. The third-order valence-electron chi connectivity index (χ3n) is 3.71. The second-order valence-corrected chi connectivity index (χ2v) is 5.10. The Bertz CT molecular complexity index is 570. The largest absolute Gasteiger partial charge is 0.0985 e. The molecule has 0 N–H and O–H groups in total. The number of benzene rings is 2. The maximum atomic E-state index is 4.07. The minimum atomic E-state index is 1.01. The molecule has 0 saturated heterocycles. The van der Waals surface area contributed by atoms with Gasteiger partial charge in [-0.05, 0) is 47.1 Å². The van der Waals surface area contributed by atoms with Crippen molar-refractivity contribution in [3.05, 3.63) is 83.9 Å². The van der Waals surface area contributed by atoms with E-state index in [2.05, 4.69) is 68.6 Å². The molecule has 2 aromatic rings. The zero-order valence-electron chi connectivity index (χ0n) is 12.2. The summed E-state index contributed by atoms with van der Waals surface area (Å²) in [6.07, 6.45) is 5.04. The fourth-order valence-electron chi connectivity index (χ4n) is 2.22. The summed E-state index contributed by atoms with van der Waals surface area (Å²) in [7, 11) is 0. The van der Waals surface area contributed by atoms with Crippen molar-refractivity contribution in [3.8, 4) is 0 Å². The van der Waals surface area contributed by atoms with E-state index in [4.69, 9.17) is 0 Å². The molecule has 0 atom stereocenters. The van der Waals surface area contributed by atoms with Gasteiger partial charge in [0, 0.05) is 0 Å². The van der Waals surface area contributed by atoms with Gasteiger partial charge in [-0.2, -0.15) is 0 Å². The summed E-state index contributed by atoms with van der Waals surface area (Å²) in [4.78, 5) is 0. The Hall–Kier alpha value is -2.08. The summed E-state index contributed by atoms with van der Waals surface area (Å²) in [5, 5.41) is 0. The van der Waals surface area contributed by atoms with Crippen LogP contribution in [0.1, 0.15) is 35.6 Å². The molecule has 0 amide bonds. The second kappa shape index (κ2) is 6.91. The van der Waals surface area contributed by atoms with Crippen LogP contribution in [0.3, 0.4) is 0 Å². The van der Waals surface area contributed by atoms with Crippen molar-refractivity contribution >= 4 is 11.6 Å². The predicted octanol–water partition coefficient (Wildman–Crippen LogP) is 5.54. The van der Waals surface area contributed by atoms with Gasteiger partial charge in [-0.25, -0.2) is 0 Å². The van der Waals surface area contributed by atoms with Gasteiger partial charge in [-0.15, -0.1) is 0 Å². The molecule has 0 aromatic heterocycles.